The minimum atomic E-state index is -4.35. The van der Waals surface area contributed by atoms with Crippen LogP contribution in [0.5, 0.6) is 0 Å². The maximum absolute atomic E-state index is 12.0. The number of rotatable bonds is 0. The lowest BCUT2D eigenvalue weighted by Crippen LogP contribution is -2.04. The highest BCUT2D eigenvalue weighted by Crippen LogP contribution is 2.33. The zero-order valence-electron chi connectivity index (χ0n) is 6.03. The van der Waals surface area contributed by atoms with Gasteiger partial charge in [-0.3, -0.25) is 0 Å². The van der Waals surface area contributed by atoms with Crippen molar-refractivity contribution < 1.29 is 13.2 Å². The van der Waals surface area contributed by atoms with Gasteiger partial charge in [0.15, 0.2) is 0 Å². The van der Waals surface area contributed by atoms with Gasteiger partial charge in [-0.25, -0.2) is 0 Å². The Hall–Kier alpha value is -0.740. The summed E-state index contributed by atoms with van der Waals surface area (Å²) in [5.74, 6) is 0. The van der Waals surface area contributed by atoms with Gasteiger partial charge in [0.25, 0.3) is 0 Å². The molecular formula is C7H7ClF3N. The molecule has 0 spiro atoms. The van der Waals surface area contributed by atoms with Crippen LogP contribution in [0.1, 0.15) is 5.56 Å². The second kappa shape index (κ2) is 3.78. The molecule has 1 rings (SSSR count). The van der Waals surface area contributed by atoms with Gasteiger partial charge in [0, 0.05) is 0 Å². The van der Waals surface area contributed by atoms with Crippen molar-refractivity contribution in [1.82, 2.24) is 6.15 Å². The summed E-state index contributed by atoms with van der Waals surface area (Å²) in [4.78, 5) is 0. The molecule has 1 nitrogen and oxygen atoms in total. The van der Waals surface area contributed by atoms with Gasteiger partial charge < -0.3 is 6.15 Å². The average Bonchev–Trinajstić information content (AvgIpc) is 1.86. The van der Waals surface area contributed by atoms with Gasteiger partial charge >= 0.3 is 6.18 Å². The fourth-order valence-corrected chi connectivity index (χ4v) is 0.934. The maximum atomic E-state index is 12.0. The summed E-state index contributed by atoms with van der Waals surface area (Å²) in [5, 5.41) is -0.264. The third-order valence-electron chi connectivity index (χ3n) is 1.18. The van der Waals surface area contributed by atoms with E-state index < -0.39 is 11.7 Å². The van der Waals surface area contributed by atoms with Gasteiger partial charge in [-0.1, -0.05) is 23.7 Å². The minimum absolute atomic E-state index is 0. The first-order valence-electron chi connectivity index (χ1n) is 2.83. The highest BCUT2D eigenvalue weighted by molar-refractivity contribution is 6.31. The molecule has 1 aromatic rings. The molecule has 5 heteroatoms. The third-order valence-corrected chi connectivity index (χ3v) is 1.51. The number of halogens is 4. The Kier molecular flexibility index (Phi) is 3.55. The zero-order chi connectivity index (χ0) is 8.48. The topological polar surface area (TPSA) is 35.0 Å². The second-order valence-electron chi connectivity index (χ2n) is 1.98. The maximum Gasteiger partial charge on any atom is 0.417 e. The van der Waals surface area contributed by atoms with Crippen molar-refractivity contribution in [1.29, 1.82) is 0 Å². The molecule has 0 heterocycles. The fourth-order valence-electron chi connectivity index (χ4n) is 0.691. The summed E-state index contributed by atoms with van der Waals surface area (Å²) >= 11 is 5.29. The van der Waals surface area contributed by atoms with Crippen LogP contribution < -0.4 is 6.15 Å². The lowest BCUT2D eigenvalue weighted by molar-refractivity contribution is -0.137. The molecule has 0 amide bonds. The fraction of sp³-hybridized carbons (Fsp3) is 0.143. The van der Waals surface area contributed by atoms with Gasteiger partial charge in [0.2, 0.25) is 0 Å². The summed E-state index contributed by atoms with van der Waals surface area (Å²) in [6.07, 6.45) is -4.35. The van der Waals surface area contributed by atoms with E-state index in [0.29, 0.717) is 0 Å². The standard InChI is InChI=1S/C7H4ClF3.H3N/c8-6-4-2-1-3-5(6)7(9,10)11;/h1-4H;1H3. The van der Waals surface area contributed by atoms with Crippen molar-refractivity contribution in [3.63, 3.8) is 0 Å². The molecule has 0 atom stereocenters. The molecule has 12 heavy (non-hydrogen) atoms. The van der Waals surface area contributed by atoms with E-state index >= 15 is 0 Å². The van der Waals surface area contributed by atoms with E-state index in [1.807, 2.05) is 0 Å². The largest absolute Gasteiger partial charge is 0.417 e. The van der Waals surface area contributed by atoms with E-state index in [0.717, 1.165) is 6.07 Å². The Morgan fingerprint density at radius 1 is 1.08 bits per heavy atom. The number of benzene rings is 1. The van der Waals surface area contributed by atoms with Crippen LogP contribution in [0, 0.1) is 0 Å². The molecule has 0 saturated carbocycles. The first-order valence-corrected chi connectivity index (χ1v) is 3.21. The highest BCUT2D eigenvalue weighted by Gasteiger charge is 2.32. The molecule has 1 aromatic carbocycles. The lowest BCUT2D eigenvalue weighted by atomic mass is 10.2. The highest BCUT2D eigenvalue weighted by atomic mass is 35.5. The summed E-state index contributed by atoms with van der Waals surface area (Å²) in [7, 11) is 0. The molecule has 68 valence electrons. The quantitative estimate of drug-likeness (QED) is 0.679. The van der Waals surface area contributed by atoms with Gasteiger partial charge in [-0.15, -0.1) is 0 Å². The zero-order valence-corrected chi connectivity index (χ0v) is 6.78. The summed E-state index contributed by atoms with van der Waals surface area (Å²) in [6.45, 7) is 0. The minimum Gasteiger partial charge on any atom is -0.344 e. The van der Waals surface area contributed by atoms with Crippen molar-refractivity contribution in [3.05, 3.63) is 34.9 Å². The lowest BCUT2D eigenvalue weighted by Gasteiger charge is -2.06. The van der Waals surface area contributed by atoms with Crippen LogP contribution in [0.25, 0.3) is 0 Å². The van der Waals surface area contributed by atoms with Crippen molar-refractivity contribution in [3.8, 4) is 0 Å². The molecule has 0 bridgehead atoms. The van der Waals surface area contributed by atoms with Crippen LogP contribution in [-0.4, -0.2) is 0 Å². The molecule has 0 fully saturated rings. The summed E-state index contributed by atoms with van der Waals surface area (Å²) in [5.41, 5.74) is -0.790. The smallest absolute Gasteiger partial charge is 0.344 e. The average molecular weight is 198 g/mol. The Morgan fingerprint density at radius 2 is 1.58 bits per heavy atom. The number of hydrogen-bond acceptors (Lipinski definition) is 1. The summed E-state index contributed by atoms with van der Waals surface area (Å²) in [6, 6.07) is 4.92. The van der Waals surface area contributed by atoms with Gasteiger partial charge in [0.05, 0.1) is 10.6 Å². The van der Waals surface area contributed by atoms with Crippen LogP contribution in [0.3, 0.4) is 0 Å². The molecule has 0 unspecified atom stereocenters. The normalized spacial score (nSPS) is 10.7. The Bertz CT molecular complexity index is 259. The molecule has 3 N–H and O–H groups in total. The van der Waals surface area contributed by atoms with Crippen LogP contribution >= 0.6 is 11.6 Å². The second-order valence-corrected chi connectivity index (χ2v) is 2.38. The Labute approximate surface area is 72.7 Å². The predicted octanol–water partition coefficient (Wildman–Crippen LogP) is 3.52. The predicted molar refractivity (Wildman–Crippen MR) is 41.5 cm³/mol. The van der Waals surface area contributed by atoms with Crippen LogP contribution in [0.15, 0.2) is 24.3 Å². The molecule has 0 aromatic heterocycles. The molecule has 0 aliphatic rings. The van der Waals surface area contributed by atoms with Crippen LogP contribution in [0.2, 0.25) is 5.02 Å². The molecule has 0 radical (unpaired) electrons. The first kappa shape index (κ1) is 11.3. The first-order chi connectivity index (χ1) is 5.02. The Balaban J connectivity index is 0.00000121. The van der Waals surface area contributed by atoms with E-state index in [9.17, 15) is 13.2 Å². The van der Waals surface area contributed by atoms with E-state index in [1.54, 1.807) is 0 Å². The van der Waals surface area contributed by atoms with Gasteiger partial charge in [-0.05, 0) is 12.1 Å². The van der Waals surface area contributed by atoms with Crippen molar-refractivity contribution >= 4 is 11.6 Å². The monoisotopic (exact) mass is 197 g/mol. The van der Waals surface area contributed by atoms with E-state index in [-0.39, 0.29) is 11.2 Å². The van der Waals surface area contributed by atoms with Crippen molar-refractivity contribution in [2.24, 2.45) is 0 Å². The molecule has 0 aliphatic heterocycles. The van der Waals surface area contributed by atoms with Crippen molar-refractivity contribution in [2.75, 3.05) is 0 Å². The van der Waals surface area contributed by atoms with Crippen LogP contribution in [-0.2, 0) is 6.18 Å². The van der Waals surface area contributed by atoms with E-state index in [2.05, 4.69) is 0 Å². The number of hydrogen-bond donors (Lipinski definition) is 1. The molecule has 0 saturated heterocycles. The van der Waals surface area contributed by atoms with Crippen molar-refractivity contribution in [2.45, 2.75) is 6.18 Å². The molecular weight excluding hydrogens is 191 g/mol. The summed E-state index contributed by atoms with van der Waals surface area (Å²) < 4.78 is 35.9. The SMILES string of the molecule is FC(F)(F)c1ccccc1Cl.N. The third kappa shape index (κ3) is 2.39. The van der Waals surface area contributed by atoms with Gasteiger partial charge in [0.1, 0.15) is 0 Å². The molecule has 0 aliphatic carbocycles. The number of alkyl halides is 3. The van der Waals surface area contributed by atoms with Gasteiger partial charge in [-0.2, -0.15) is 13.2 Å². The van der Waals surface area contributed by atoms with E-state index in [4.69, 9.17) is 11.6 Å². The van der Waals surface area contributed by atoms with Crippen LogP contribution in [0.4, 0.5) is 13.2 Å². The Morgan fingerprint density at radius 3 is 1.92 bits per heavy atom. The van der Waals surface area contributed by atoms with E-state index in [1.165, 1.54) is 18.2 Å².